The third kappa shape index (κ3) is 2.63. The Morgan fingerprint density at radius 1 is 1.26 bits per heavy atom. The van der Waals surface area contributed by atoms with Gasteiger partial charge in [-0.15, -0.1) is 0 Å². The number of hydrogen-bond acceptors (Lipinski definition) is 3. The minimum Gasteiger partial charge on any atom is -0.481 e. The van der Waals surface area contributed by atoms with E-state index in [9.17, 15) is 5.11 Å². The second kappa shape index (κ2) is 5.89. The molecule has 1 aromatic carbocycles. The Bertz CT molecular complexity index is 533. The second-order valence-corrected chi connectivity index (χ2v) is 4.75. The first-order chi connectivity index (χ1) is 9.19. The molecule has 4 heteroatoms. The Balaban J connectivity index is 2.58. The van der Waals surface area contributed by atoms with Gasteiger partial charge in [0.25, 0.3) is 0 Å². The second-order valence-electron chi connectivity index (χ2n) is 4.75. The summed E-state index contributed by atoms with van der Waals surface area (Å²) in [5.41, 5.74) is 2.93. The van der Waals surface area contributed by atoms with Crippen molar-refractivity contribution in [2.45, 2.75) is 26.2 Å². The highest BCUT2D eigenvalue weighted by Crippen LogP contribution is 2.30. The van der Waals surface area contributed by atoms with Crippen LogP contribution in [-0.2, 0) is 6.42 Å². The molecule has 0 saturated carbocycles. The fourth-order valence-electron chi connectivity index (χ4n) is 2.22. The van der Waals surface area contributed by atoms with E-state index in [0.717, 1.165) is 16.9 Å². The molecule has 0 aliphatic carbocycles. The van der Waals surface area contributed by atoms with Gasteiger partial charge in [-0.05, 0) is 18.1 Å². The standard InChI is InChI=1S/C15H20N2O2/c1-11(2)14-13(9-10-18)15(19-3)17(16-14)12-7-5-4-6-8-12/h4-8,11,18H,9-10H2,1-3H3. The molecule has 102 valence electrons. The molecule has 0 unspecified atom stereocenters. The first-order valence-corrected chi connectivity index (χ1v) is 6.51. The minimum atomic E-state index is 0.0938. The van der Waals surface area contributed by atoms with Gasteiger partial charge in [0, 0.05) is 18.6 Å². The van der Waals surface area contributed by atoms with E-state index in [1.54, 1.807) is 11.8 Å². The van der Waals surface area contributed by atoms with Crippen LogP contribution in [0.2, 0.25) is 0 Å². The lowest BCUT2D eigenvalue weighted by Gasteiger charge is -2.07. The summed E-state index contributed by atoms with van der Waals surface area (Å²) in [5.74, 6) is 1.00. The number of aliphatic hydroxyl groups excluding tert-OH is 1. The first-order valence-electron chi connectivity index (χ1n) is 6.51. The number of aromatic nitrogens is 2. The van der Waals surface area contributed by atoms with E-state index in [2.05, 4.69) is 18.9 Å². The van der Waals surface area contributed by atoms with E-state index in [1.807, 2.05) is 30.3 Å². The van der Waals surface area contributed by atoms with Crippen molar-refractivity contribution in [3.63, 3.8) is 0 Å². The van der Waals surface area contributed by atoms with Crippen LogP contribution in [0.3, 0.4) is 0 Å². The molecule has 0 aliphatic heterocycles. The number of aliphatic hydroxyl groups is 1. The van der Waals surface area contributed by atoms with Crippen LogP contribution in [0.5, 0.6) is 5.88 Å². The van der Waals surface area contributed by atoms with Crippen molar-refractivity contribution in [3.05, 3.63) is 41.6 Å². The van der Waals surface area contributed by atoms with Crippen LogP contribution in [-0.4, -0.2) is 28.6 Å². The molecular weight excluding hydrogens is 240 g/mol. The van der Waals surface area contributed by atoms with Gasteiger partial charge in [-0.3, -0.25) is 0 Å². The molecule has 2 rings (SSSR count). The van der Waals surface area contributed by atoms with Crippen molar-refractivity contribution >= 4 is 0 Å². The van der Waals surface area contributed by atoms with Crippen LogP contribution in [0.1, 0.15) is 31.0 Å². The smallest absolute Gasteiger partial charge is 0.220 e. The van der Waals surface area contributed by atoms with E-state index in [1.165, 1.54) is 0 Å². The Morgan fingerprint density at radius 3 is 2.47 bits per heavy atom. The highest BCUT2D eigenvalue weighted by atomic mass is 16.5. The van der Waals surface area contributed by atoms with Crippen LogP contribution < -0.4 is 4.74 Å². The van der Waals surface area contributed by atoms with Gasteiger partial charge >= 0.3 is 0 Å². The van der Waals surface area contributed by atoms with Crippen LogP contribution >= 0.6 is 0 Å². The summed E-state index contributed by atoms with van der Waals surface area (Å²) < 4.78 is 7.31. The van der Waals surface area contributed by atoms with E-state index in [0.29, 0.717) is 18.2 Å². The van der Waals surface area contributed by atoms with Gasteiger partial charge in [0.05, 0.1) is 18.5 Å². The van der Waals surface area contributed by atoms with Gasteiger partial charge in [0.1, 0.15) is 0 Å². The molecule has 0 bridgehead atoms. The van der Waals surface area contributed by atoms with E-state index >= 15 is 0 Å². The largest absolute Gasteiger partial charge is 0.481 e. The van der Waals surface area contributed by atoms with Gasteiger partial charge in [-0.2, -0.15) is 5.10 Å². The van der Waals surface area contributed by atoms with E-state index in [4.69, 9.17) is 4.74 Å². The summed E-state index contributed by atoms with van der Waals surface area (Å²) >= 11 is 0. The number of methoxy groups -OCH3 is 1. The zero-order valence-electron chi connectivity index (χ0n) is 11.6. The minimum absolute atomic E-state index is 0.0938. The maximum Gasteiger partial charge on any atom is 0.220 e. The number of benzene rings is 1. The molecule has 4 nitrogen and oxygen atoms in total. The van der Waals surface area contributed by atoms with Gasteiger partial charge in [0.2, 0.25) is 5.88 Å². The zero-order valence-corrected chi connectivity index (χ0v) is 11.6. The maximum atomic E-state index is 9.23. The Labute approximate surface area is 113 Å². The van der Waals surface area contributed by atoms with Crippen LogP contribution in [0, 0.1) is 0 Å². The summed E-state index contributed by atoms with van der Waals surface area (Å²) in [7, 11) is 1.64. The molecule has 0 spiro atoms. The molecule has 0 saturated heterocycles. The summed E-state index contributed by atoms with van der Waals surface area (Å²) in [6, 6.07) is 9.89. The molecule has 2 aromatic rings. The molecule has 0 aliphatic rings. The third-order valence-corrected chi connectivity index (χ3v) is 3.07. The van der Waals surface area contributed by atoms with Gasteiger partial charge in [-0.25, -0.2) is 4.68 Å². The predicted octanol–water partition coefficient (Wildman–Crippen LogP) is 2.54. The van der Waals surface area contributed by atoms with E-state index in [-0.39, 0.29) is 6.61 Å². The van der Waals surface area contributed by atoms with Crippen molar-refractivity contribution in [1.82, 2.24) is 9.78 Å². The van der Waals surface area contributed by atoms with Crippen molar-refractivity contribution in [2.75, 3.05) is 13.7 Å². The maximum absolute atomic E-state index is 9.23. The Kier molecular flexibility index (Phi) is 4.22. The average molecular weight is 260 g/mol. The molecule has 0 fully saturated rings. The SMILES string of the molecule is COc1c(CCO)c(C(C)C)nn1-c1ccccc1. The summed E-state index contributed by atoms with van der Waals surface area (Å²) in [6.45, 7) is 4.28. The molecular formula is C15H20N2O2. The van der Waals surface area contributed by atoms with Crippen molar-refractivity contribution in [3.8, 4) is 11.6 Å². The molecule has 0 amide bonds. The Morgan fingerprint density at radius 2 is 1.95 bits per heavy atom. The number of para-hydroxylation sites is 1. The highest BCUT2D eigenvalue weighted by molar-refractivity contribution is 5.42. The fourth-order valence-corrected chi connectivity index (χ4v) is 2.22. The molecule has 1 N–H and O–H groups in total. The number of hydrogen-bond donors (Lipinski definition) is 1. The molecule has 1 heterocycles. The van der Waals surface area contributed by atoms with Crippen LogP contribution in [0.25, 0.3) is 5.69 Å². The molecule has 1 aromatic heterocycles. The summed E-state index contributed by atoms with van der Waals surface area (Å²) in [4.78, 5) is 0. The third-order valence-electron chi connectivity index (χ3n) is 3.07. The lowest BCUT2D eigenvalue weighted by molar-refractivity contribution is 0.295. The normalized spacial score (nSPS) is 11.0. The highest BCUT2D eigenvalue weighted by Gasteiger charge is 2.20. The van der Waals surface area contributed by atoms with Gasteiger partial charge < -0.3 is 9.84 Å². The monoisotopic (exact) mass is 260 g/mol. The van der Waals surface area contributed by atoms with Gasteiger partial charge in [-0.1, -0.05) is 32.0 Å². The molecule has 19 heavy (non-hydrogen) atoms. The molecule has 0 atom stereocenters. The lowest BCUT2D eigenvalue weighted by Crippen LogP contribution is -2.01. The summed E-state index contributed by atoms with van der Waals surface area (Å²) in [6.07, 6.45) is 0.559. The topological polar surface area (TPSA) is 47.3 Å². The first kappa shape index (κ1) is 13.6. The predicted molar refractivity (Wildman–Crippen MR) is 75.0 cm³/mol. The number of ether oxygens (including phenoxy) is 1. The summed E-state index contributed by atoms with van der Waals surface area (Å²) in [5, 5.41) is 13.9. The van der Waals surface area contributed by atoms with E-state index < -0.39 is 0 Å². The zero-order chi connectivity index (χ0) is 13.8. The Hall–Kier alpha value is -1.81. The van der Waals surface area contributed by atoms with Crippen molar-refractivity contribution < 1.29 is 9.84 Å². The number of rotatable bonds is 5. The fraction of sp³-hybridized carbons (Fsp3) is 0.400. The van der Waals surface area contributed by atoms with Crippen LogP contribution in [0.4, 0.5) is 0 Å². The number of nitrogens with zero attached hydrogens (tertiary/aromatic N) is 2. The van der Waals surface area contributed by atoms with Gasteiger partial charge in [0.15, 0.2) is 0 Å². The average Bonchev–Trinajstić information content (AvgIpc) is 2.79. The van der Waals surface area contributed by atoms with Crippen molar-refractivity contribution in [2.24, 2.45) is 0 Å². The quantitative estimate of drug-likeness (QED) is 0.898. The lowest BCUT2D eigenvalue weighted by atomic mass is 10.0. The molecule has 0 radical (unpaired) electrons. The van der Waals surface area contributed by atoms with Crippen LogP contribution in [0.15, 0.2) is 30.3 Å². The van der Waals surface area contributed by atoms with Crippen molar-refractivity contribution in [1.29, 1.82) is 0 Å².